The van der Waals surface area contributed by atoms with Crippen LogP contribution in [-0.4, -0.2) is 21.5 Å². The molecule has 114 valence electrons. The molecule has 0 radical (unpaired) electrons. The van der Waals surface area contributed by atoms with E-state index >= 15 is 0 Å². The second kappa shape index (κ2) is 5.76. The van der Waals surface area contributed by atoms with E-state index in [4.69, 9.17) is 5.73 Å². The van der Waals surface area contributed by atoms with E-state index < -0.39 is 0 Å². The lowest BCUT2D eigenvalue weighted by atomic mass is 10.2. The lowest BCUT2D eigenvalue weighted by molar-refractivity contribution is -0.124. The number of anilines is 1. The molecule has 1 heterocycles. The van der Waals surface area contributed by atoms with Crippen LogP contribution in [0.5, 0.6) is 0 Å². The van der Waals surface area contributed by atoms with Crippen molar-refractivity contribution >= 4 is 22.6 Å². The molecule has 0 aliphatic heterocycles. The molecule has 1 aromatic heterocycles. The number of hydrogen-bond donors (Lipinski definition) is 2. The van der Waals surface area contributed by atoms with E-state index in [1.807, 2.05) is 43.5 Å². The number of carbonyl (C=O) groups is 1. The highest BCUT2D eigenvalue weighted by Gasteiger charge is 2.23. The Bertz CT molecular complexity index is 658. The number of carbonyl (C=O) groups excluding carboxylic acids is 1. The number of nitrogens with two attached hydrogens (primary N) is 1. The van der Waals surface area contributed by atoms with Gasteiger partial charge in [0.1, 0.15) is 11.9 Å². The van der Waals surface area contributed by atoms with Gasteiger partial charge in [-0.25, -0.2) is 4.98 Å². The van der Waals surface area contributed by atoms with E-state index in [0.717, 1.165) is 16.9 Å². The number of nitrogen functional groups attached to an aromatic ring is 1. The SMILES string of the molecule is CC(C)NC(=O)C(C)n1c(C(C)C)nc2cc(N)ccc21. The van der Waals surface area contributed by atoms with Crippen molar-refractivity contribution in [1.82, 2.24) is 14.9 Å². The highest BCUT2D eigenvalue weighted by Crippen LogP contribution is 2.27. The van der Waals surface area contributed by atoms with Crippen molar-refractivity contribution in [3.8, 4) is 0 Å². The minimum atomic E-state index is -0.307. The fraction of sp³-hybridized carbons (Fsp3) is 0.500. The number of imidazole rings is 1. The van der Waals surface area contributed by atoms with E-state index in [1.165, 1.54) is 0 Å². The first-order chi connectivity index (χ1) is 9.81. The summed E-state index contributed by atoms with van der Waals surface area (Å²) in [7, 11) is 0. The van der Waals surface area contributed by atoms with Crippen molar-refractivity contribution < 1.29 is 4.79 Å². The Morgan fingerprint density at radius 2 is 1.90 bits per heavy atom. The molecule has 1 atom stereocenters. The van der Waals surface area contributed by atoms with Crippen molar-refractivity contribution in [3.63, 3.8) is 0 Å². The molecule has 5 nitrogen and oxygen atoms in total. The zero-order valence-corrected chi connectivity index (χ0v) is 13.3. The van der Waals surface area contributed by atoms with Gasteiger partial charge in [-0.2, -0.15) is 0 Å². The maximum absolute atomic E-state index is 12.4. The minimum Gasteiger partial charge on any atom is -0.399 e. The maximum Gasteiger partial charge on any atom is 0.243 e. The van der Waals surface area contributed by atoms with Gasteiger partial charge in [-0.05, 0) is 39.0 Å². The van der Waals surface area contributed by atoms with E-state index in [2.05, 4.69) is 24.1 Å². The van der Waals surface area contributed by atoms with Gasteiger partial charge in [0, 0.05) is 17.6 Å². The van der Waals surface area contributed by atoms with E-state index in [9.17, 15) is 4.79 Å². The lowest BCUT2D eigenvalue weighted by Crippen LogP contribution is -2.36. The summed E-state index contributed by atoms with van der Waals surface area (Å²) < 4.78 is 2.01. The first-order valence-corrected chi connectivity index (χ1v) is 7.39. The smallest absolute Gasteiger partial charge is 0.243 e. The highest BCUT2D eigenvalue weighted by molar-refractivity contribution is 5.85. The minimum absolute atomic E-state index is 0.00280. The molecule has 2 rings (SSSR count). The van der Waals surface area contributed by atoms with Gasteiger partial charge < -0.3 is 15.6 Å². The standard InChI is InChI=1S/C16H24N4O/c1-9(2)15-19-13-8-12(17)6-7-14(13)20(15)11(5)16(21)18-10(3)4/h6-11H,17H2,1-5H3,(H,18,21). The van der Waals surface area contributed by atoms with Crippen LogP contribution in [0.15, 0.2) is 18.2 Å². The quantitative estimate of drug-likeness (QED) is 0.850. The summed E-state index contributed by atoms with van der Waals surface area (Å²) in [5, 5.41) is 2.96. The van der Waals surface area contributed by atoms with Gasteiger partial charge in [-0.1, -0.05) is 13.8 Å². The molecule has 0 bridgehead atoms. The molecule has 0 aliphatic carbocycles. The van der Waals surface area contributed by atoms with Gasteiger partial charge in [0.2, 0.25) is 5.91 Å². The van der Waals surface area contributed by atoms with Crippen LogP contribution in [0.3, 0.4) is 0 Å². The van der Waals surface area contributed by atoms with Crippen molar-refractivity contribution in [2.75, 3.05) is 5.73 Å². The molecular weight excluding hydrogens is 264 g/mol. The van der Waals surface area contributed by atoms with Gasteiger partial charge in [0.25, 0.3) is 0 Å². The normalized spacial score (nSPS) is 13.1. The third kappa shape index (κ3) is 3.01. The van der Waals surface area contributed by atoms with Crippen LogP contribution in [0.25, 0.3) is 11.0 Å². The molecule has 21 heavy (non-hydrogen) atoms. The van der Waals surface area contributed by atoms with Crippen LogP contribution in [0.2, 0.25) is 0 Å². The van der Waals surface area contributed by atoms with Crippen LogP contribution in [0.4, 0.5) is 5.69 Å². The van der Waals surface area contributed by atoms with Gasteiger partial charge in [-0.3, -0.25) is 4.79 Å². The third-order valence-corrected chi connectivity index (χ3v) is 3.45. The van der Waals surface area contributed by atoms with Gasteiger partial charge in [0.05, 0.1) is 11.0 Å². The number of nitrogens with zero attached hydrogens (tertiary/aromatic N) is 2. The van der Waals surface area contributed by atoms with Crippen molar-refractivity contribution in [1.29, 1.82) is 0 Å². The number of rotatable bonds is 4. The molecule has 1 aromatic carbocycles. The summed E-state index contributed by atoms with van der Waals surface area (Å²) in [6.45, 7) is 9.98. The second-order valence-corrected chi connectivity index (χ2v) is 6.08. The number of aromatic nitrogens is 2. The number of amides is 1. The predicted octanol–water partition coefficient (Wildman–Crippen LogP) is 2.83. The topological polar surface area (TPSA) is 72.9 Å². The highest BCUT2D eigenvalue weighted by atomic mass is 16.2. The molecule has 1 amide bonds. The summed E-state index contributed by atoms with van der Waals surface area (Å²) in [6.07, 6.45) is 0. The third-order valence-electron chi connectivity index (χ3n) is 3.45. The number of hydrogen-bond acceptors (Lipinski definition) is 3. The van der Waals surface area contributed by atoms with Crippen molar-refractivity contribution in [2.45, 2.75) is 52.6 Å². The Morgan fingerprint density at radius 3 is 2.48 bits per heavy atom. The summed E-state index contributed by atoms with van der Waals surface area (Å²) in [5.41, 5.74) is 8.29. The predicted molar refractivity (Wildman–Crippen MR) is 86.2 cm³/mol. The number of nitrogens with one attached hydrogen (secondary N) is 1. The van der Waals surface area contributed by atoms with Crippen molar-refractivity contribution in [2.24, 2.45) is 0 Å². The average molecular weight is 288 g/mol. The molecule has 3 N–H and O–H groups in total. The molecule has 5 heteroatoms. The summed E-state index contributed by atoms with van der Waals surface area (Å²) in [5.74, 6) is 1.14. The number of fused-ring (bicyclic) bond motifs is 1. The monoisotopic (exact) mass is 288 g/mol. The molecule has 1 unspecified atom stereocenters. The first-order valence-electron chi connectivity index (χ1n) is 7.39. The Kier molecular flexibility index (Phi) is 4.21. The maximum atomic E-state index is 12.4. The Morgan fingerprint density at radius 1 is 1.24 bits per heavy atom. The largest absolute Gasteiger partial charge is 0.399 e. The fourth-order valence-corrected chi connectivity index (χ4v) is 2.47. The fourth-order valence-electron chi connectivity index (χ4n) is 2.47. The summed E-state index contributed by atoms with van der Waals surface area (Å²) in [4.78, 5) is 17.0. The molecule has 0 spiro atoms. The molecule has 0 saturated carbocycles. The van der Waals surface area contributed by atoms with Crippen molar-refractivity contribution in [3.05, 3.63) is 24.0 Å². The van der Waals surface area contributed by atoms with Crippen LogP contribution < -0.4 is 11.1 Å². The molecule has 2 aromatic rings. The average Bonchev–Trinajstić information content (AvgIpc) is 2.75. The van der Waals surface area contributed by atoms with Gasteiger partial charge in [-0.15, -0.1) is 0 Å². The Balaban J connectivity index is 2.54. The number of benzene rings is 1. The van der Waals surface area contributed by atoms with E-state index in [0.29, 0.717) is 5.69 Å². The van der Waals surface area contributed by atoms with Gasteiger partial charge in [0.15, 0.2) is 0 Å². The zero-order valence-electron chi connectivity index (χ0n) is 13.3. The molecule has 0 aliphatic rings. The molecular formula is C16H24N4O. The molecule has 0 saturated heterocycles. The Hall–Kier alpha value is -2.04. The molecule has 0 fully saturated rings. The summed E-state index contributed by atoms with van der Waals surface area (Å²) >= 11 is 0. The lowest BCUT2D eigenvalue weighted by Gasteiger charge is -2.20. The van der Waals surface area contributed by atoms with Crippen LogP contribution in [0.1, 0.15) is 52.4 Å². The first kappa shape index (κ1) is 15.4. The Labute approximate surface area is 125 Å². The van der Waals surface area contributed by atoms with Gasteiger partial charge >= 0.3 is 0 Å². The van der Waals surface area contributed by atoms with E-state index in [-0.39, 0.29) is 23.9 Å². The zero-order chi connectivity index (χ0) is 15.7. The summed E-state index contributed by atoms with van der Waals surface area (Å²) in [6, 6.07) is 5.44. The van der Waals surface area contributed by atoms with Crippen LogP contribution in [0, 0.1) is 0 Å². The van der Waals surface area contributed by atoms with Crippen LogP contribution in [-0.2, 0) is 4.79 Å². The van der Waals surface area contributed by atoms with Crippen LogP contribution >= 0.6 is 0 Å². The van der Waals surface area contributed by atoms with E-state index in [1.54, 1.807) is 0 Å². The second-order valence-electron chi connectivity index (χ2n) is 6.08.